The molecule has 62 heavy (non-hydrogen) atoms. The van der Waals surface area contributed by atoms with Crippen LogP contribution in [-0.4, -0.2) is 0 Å². The van der Waals surface area contributed by atoms with Crippen LogP contribution >= 0.6 is 0 Å². The van der Waals surface area contributed by atoms with Gasteiger partial charge in [0.15, 0.2) is 0 Å². The molecule has 11 aromatic rings. The summed E-state index contributed by atoms with van der Waals surface area (Å²) < 4.78 is 0. The number of hydrogen-bond donors (Lipinski definition) is 0. The highest BCUT2D eigenvalue weighted by Crippen LogP contribution is 2.50. The number of benzene rings is 11. The standard InChI is InChI=1S/C61H43N/c1-61(2)59-24-10-9-22-56(59)57-36-30-44(39-60(57)61)41-27-33-47(34-28-41)62(48-16-11-15-45(37-48)50-23-12-14-42-13-3-4-17-49(42)50)46-31-25-40(26-32-46)43-29-35-55-53-20-6-5-18-51(53)52-19-7-8-21-54(52)58(55)38-43/h3-39H,1-2H3. The summed E-state index contributed by atoms with van der Waals surface area (Å²) in [6.45, 7) is 4.70. The quantitative estimate of drug-likeness (QED) is 0.152. The number of hydrogen-bond acceptors (Lipinski definition) is 1. The van der Waals surface area contributed by atoms with E-state index in [1.165, 1.54) is 98.7 Å². The minimum atomic E-state index is -0.0467. The Morgan fingerprint density at radius 2 is 0.758 bits per heavy atom. The number of anilines is 3. The Balaban J connectivity index is 0.953. The third-order valence-corrected chi connectivity index (χ3v) is 13.5. The van der Waals surface area contributed by atoms with E-state index >= 15 is 0 Å². The Morgan fingerprint density at radius 1 is 0.274 bits per heavy atom. The average Bonchev–Trinajstić information content (AvgIpc) is 3.57. The number of fused-ring (bicyclic) bond motifs is 10. The first-order valence-corrected chi connectivity index (χ1v) is 21.7. The molecule has 1 aliphatic carbocycles. The van der Waals surface area contributed by atoms with Gasteiger partial charge in [-0.05, 0) is 147 Å². The van der Waals surface area contributed by atoms with Crippen LogP contribution in [0.4, 0.5) is 17.1 Å². The molecule has 292 valence electrons. The predicted octanol–water partition coefficient (Wildman–Crippen LogP) is 17.1. The SMILES string of the molecule is CC1(C)c2ccccc2-c2ccc(-c3ccc(N(c4ccc(-c5ccc6c7ccccc7c7ccccc7c6c5)cc4)c4cccc(-c5cccc6ccccc56)c4)cc3)cc21. The van der Waals surface area contributed by atoms with Gasteiger partial charge in [-0.2, -0.15) is 0 Å². The first kappa shape index (κ1) is 36.1. The molecule has 0 radical (unpaired) electrons. The molecule has 0 fully saturated rings. The maximum atomic E-state index is 2.41. The predicted molar refractivity (Wildman–Crippen MR) is 265 cm³/mol. The number of nitrogens with zero attached hydrogens (tertiary/aromatic N) is 1. The van der Waals surface area contributed by atoms with Crippen molar-refractivity contribution in [2.24, 2.45) is 0 Å². The lowest BCUT2D eigenvalue weighted by atomic mass is 9.81. The fourth-order valence-electron chi connectivity index (χ4n) is 10.3. The summed E-state index contributed by atoms with van der Waals surface area (Å²) in [6.07, 6.45) is 0. The van der Waals surface area contributed by atoms with Crippen LogP contribution < -0.4 is 4.90 Å². The van der Waals surface area contributed by atoms with E-state index in [2.05, 4.69) is 243 Å². The van der Waals surface area contributed by atoms with Gasteiger partial charge in [0.25, 0.3) is 0 Å². The smallest absolute Gasteiger partial charge is 0.0467 e. The molecule has 0 N–H and O–H groups in total. The zero-order chi connectivity index (χ0) is 41.4. The lowest BCUT2D eigenvalue weighted by Gasteiger charge is -2.27. The topological polar surface area (TPSA) is 3.24 Å². The second kappa shape index (κ2) is 14.2. The van der Waals surface area contributed by atoms with Crippen molar-refractivity contribution in [3.8, 4) is 44.5 Å². The highest BCUT2D eigenvalue weighted by atomic mass is 15.1. The van der Waals surface area contributed by atoms with E-state index in [9.17, 15) is 0 Å². The van der Waals surface area contributed by atoms with E-state index in [4.69, 9.17) is 0 Å². The molecule has 0 amide bonds. The van der Waals surface area contributed by atoms with Crippen LogP contribution in [0.1, 0.15) is 25.0 Å². The molecular weight excluding hydrogens is 747 g/mol. The van der Waals surface area contributed by atoms with Crippen molar-refractivity contribution >= 4 is 60.2 Å². The minimum absolute atomic E-state index is 0.0467. The van der Waals surface area contributed by atoms with Gasteiger partial charge in [0.2, 0.25) is 0 Å². The highest BCUT2D eigenvalue weighted by molar-refractivity contribution is 6.25. The van der Waals surface area contributed by atoms with Gasteiger partial charge in [-0.1, -0.05) is 190 Å². The fourth-order valence-corrected chi connectivity index (χ4v) is 10.3. The molecule has 12 rings (SSSR count). The summed E-state index contributed by atoms with van der Waals surface area (Å²) in [5.74, 6) is 0. The molecular formula is C61H43N. The van der Waals surface area contributed by atoms with Gasteiger partial charge in [-0.15, -0.1) is 0 Å². The van der Waals surface area contributed by atoms with Crippen molar-refractivity contribution < 1.29 is 0 Å². The van der Waals surface area contributed by atoms with Crippen molar-refractivity contribution in [3.05, 3.63) is 236 Å². The fraction of sp³-hybridized carbons (Fsp3) is 0.0492. The lowest BCUT2D eigenvalue weighted by Crippen LogP contribution is -2.14. The van der Waals surface area contributed by atoms with Gasteiger partial charge in [0.05, 0.1) is 0 Å². The van der Waals surface area contributed by atoms with Crippen molar-refractivity contribution in [2.45, 2.75) is 19.3 Å². The molecule has 0 aromatic heterocycles. The van der Waals surface area contributed by atoms with E-state index in [0.29, 0.717) is 0 Å². The Hall–Kier alpha value is -7.74. The Labute approximate surface area is 362 Å². The normalized spacial score (nSPS) is 12.8. The highest BCUT2D eigenvalue weighted by Gasteiger charge is 2.35. The minimum Gasteiger partial charge on any atom is -0.310 e. The van der Waals surface area contributed by atoms with Gasteiger partial charge >= 0.3 is 0 Å². The number of rotatable bonds is 6. The molecule has 0 saturated carbocycles. The molecule has 0 spiro atoms. The van der Waals surface area contributed by atoms with Gasteiger partial charge in [-0.25, -0.2) is 0 Å². The summed E-state index contributed by atoms with van der Waals surface area (Å²) in [4.78, 5) is 2.39. The van der Waals surface area contributed by atoms with Crippen LogP contribution in [0.15, 0.2) is 224 Å². The molecule has 11 aromatic carbocycles. The summed E-state index contributed by atoms with van der Waals surface area (Å²) in [5, 5.41) is 10.2. The van der Waals surface area contributed by atoms with Gasteiger partial charge < -0.3 is 4.90 Å². The summed E-state index contributed by atoms with van der Waals surface area (Å²) >= 11 is 0. The molecule has 1 aliphatic rings. The molecule has 0 heterocycles. The second-order valence-electron chi connectivity index (χ2n) is 17.3. The third-order valence-electron chi connectivity index (χ3n) is 13.5. The van der Waals surface area contributed by atoms with Crippen LogP contribution in [0.25, 0.3) is 87.6 Å². The lowest BCUT2D eigenvalue weighted by molar-refractivity contribution is 0.660. The van der Waals surface area contributed by atoms with Gasteiger partial charge in [0, 0.05) is 22.5 Å². The van der Waals surface area contributed by atoms with E-state index in [0.717, 1.165) is 17.1 Å². The summed E-state index contributed by atoms with van der Waals surface area (Å²) in [5.41, 5.74) is 16.0. The second-order valence-corrected chi connectivity index (χ2v) is 17.3. The largest absolute Gasteiger partial charge is 0.310 e. The molecule has 1 nitrogen and oxygen atoms in total. The first-order valence-electron chi connectivity index (χ1n) is 21.7. The molecule has 0 unspecified atom stereocenters. The Morgan fingerprint density at radius 3 is 1.45 bits per heavy atom. The van der Waals surface area contributed by atoms with Crippen molar-refractivity contribution in [2.75, 3.05) is 4.90 Å². The van der Waals surface area contributed by atoms with E-state index in [1.54, 1.807) is 0 Å². The van der Waals surface area contributed by atoms with Crippen LogP contribution in [0.5, 0.6) is 0 Å². The van der Waals surface area contributed by atoms with Gasteiger partial charge in [-0.3, -0.25) is 0 Å². The molecule has 1 heteroatoms. The zero-order valence-corrected chi connectivity index (χ0v) is 34.8. The summed E-state index contributed by atoms with van der Waals surface area (Å²) in [7, 11) is 0. The zero-order valence-electron chi connectivity index (χ0n) is 34.8. The average molecular weight is 790 g/mol. The van der Waals surface area contributed by atoms with Crippen molar-refractivity contribution in [1.82, 2.24) is 0 Å². The van der Waals surface area contributed by atoms with E-state index < -0.39 is 0 Å². The van der Waals surface area contributed by atoms with Gasteiger partial charge in [0.1, 0.15) is 0 Å². The molecule has 0 aliphatic heterocycles. The first-order chi connectivity index (χ1) is 30.5. The van der Waals surface area contributed by atoms with E-state index in [-0.39, 0.29) is 5.41 Å². The molecule has 0 atom stereocenters. The van der Waals surface area contributed by atoms with Crippen molar-refractivity contribution in [3.63, 3.8) is 0 Å². The van der Waals surface area contributed by atoms with Crippen LogP contribution in [0.3, 0.4) is 0 Å². The molecule has 0 bridgehead atoms. The van der Waals surface area contributed by atoms with Crippen LogP contribution in [0, 0.1) is 0 Å². The maximum absolute atomic E-state index is 2.41. The van der Waals surface area contributed by atoms with Crippen molar-refractivity contribution in [1.29, 1.82) is 0 Å². The van der Waals surface area contributed by atoms with Crippen LogP contribution in [-0.2, 0) is 5.41 Å². The monoisotopic (exact) mass is 789 g/mol. The Bertz CT molecular complexity index is 3500. The summed E-state index contributed by atoms with van der Waals surface area (Å²) in [6, 6.07) is 82.9. The van der Waals surface area contributed by atoms with E-state index in [1.807, 2.05) is 0 Å². The third kappa shape index (κ3) is 5.77. The Kier molecular flexibility index (Phi) is 8.27. The maximum Gasteiger partial charge on any atom is 0.0467 e. The molecule has 0 saturated heterocycles. The van der Waals surface area contributed by atoms with Crippen LogP contribution in [0.2, 0.25) is 0 Å².